The highest BCUT2D eigenvalue weighted by atomic mass is 79.9. The molecule has 0 aliphatic rings. The van der Waals surface area contributed by atoms with E-state index in [-0.39, 0.29) is 4.83 Å². The van der Waals surface area contributed by atoms with Gasteiger partial charge in [0.05, 0.1) is 7.11 Å². The quantitative estimate of drug-likeness (QED) is 0.638. The van der Waals surface area contributed by atoms with Gasteiger partial charge in [-0.3, -0.25) is 0 Å². The third-order valence-corrected chi connectivity index (χ3v) is 4.34. The summed E-state index contributed by atoms with van der Waals surface area (Å²) in [7, 11) is 1.72. The predicted molar refractivity (Wildman–Crippen MR) is 87.2 cm³/mol. The molecular formula is C16H16Br2O. The summed E-state index contributed by atoms with van der Waals surface area (Å²) in [6.45, 7) is 2.10. The van der Waals surface area contributed by atoms with Crippen LogP contribution in [0.3, 0.4) is 0 Å². The van der Waals surface area contributed by atoms with E-state index in [4.69, 9.17) is 4.74 Å². The van der Waals surface area contributed by atoms with Crippen LogP contribution in [-0.2, 0) is 6.42 Å². The molecule has 3 heteroatoms. The first-order valence-corrected chi connectivity index (χ1v) is 7.84. The van der Waals surface area contributed by atoms with E-state index in [1.165, 1.54) is 16.7 Å². The number of rotatable bonds is 4. The molecule has 0 aliphatic carbocycles. The smallest absolute Gasteiger partial charge is 0.123 e. The summed E-state index contributed by atoms with van der Waals surface area (Å²) in [5.41, 5.74) is 3.73. The van der Waals surface area contributed by atoms with Crippen LogP contribution in [0.4, 0.5) is 0 Å². The highest BCUT2D eigenvalue weighted by Crippen LogP contribution is 2.34. The fourth-order valence-corrected chi connectivity index (χ4v) is 3.26. The number of methoxy groups -OCH3 is 1. The highest BCUT2D eigenvalue weighted by Gasteiger charge is 2.14. The molecule has 0 radical (unpaired) electrons. The fourth-order valence-electron chi connectivity index (χ4n) is 2.08. The topological polar surface area (TPSA) is 9.23 Å². The van der Waals surface area contributed by atoms with Crippen LogP contribution in [0.5, 0.6) is 5.75 Å². The zero-order chi connectivity index (χ0) is 13.8. The highest BCUT2D eigenvalue weighted by molar-refractivity contribution is 9.10. The Labute approximate surface area is 131 Å². The van der Waals surface area contributed by atoms with Crippen LogP contribution < -0.4 is 4.74 Å². The predicted octanol–water partition coefficient (Wildman–Crippen LogP) is 5.44. The van der Waals surface area contributed by atoms with E-state index in [0.717, 1.165) is 16.6 Å². The molecular weight excluding hydrogens is 368 g/mol. The lowest BCUT2D eigenvalue weighted by Crippen LogP contribution is -1.99. The second-order valence-corrected chi connectivity index (χ2v) is 6.57. The number of ether oxygens (including phenoxy) is 1. The zero-order valence-electron chi connectivity index (χ0n) is 11.0. The minimum absolute atomic E-state index is 0.247. The molecule has 0 aliphatic heterocycles. The molecule has 0 N–H and O–H groups in total. The SMILES string of the molecule is COc1ccc(C)cc1C(Br)Cc1cccc(Br)c1. The largest absolute Gasteiger partial charge is 0.496 e. The van der Waals surface area contributed by atoms with Crippen LogP contribution in [0, 0.1) is 6.92 Å². The molecule has 0 saturated heterocycles. The van der Waals surface area contributed by atoms with Gasteiger partial charge < -0.3 is 4.74 Å². The van der Waals surface area contributed by atoms with Crippen LogP contribution in [0.25, 0.3) is 0 Å². The van der Waals surface area contributed by atoms with Crippen LogP contribution >= 0.6 is 31.9 Å². The van der Waals surface area contributed by atoms with Gasteiger partial charge in [0.2, 0.25) is 0 Å². The molecule has 19 heavy (non-hydrogen) atoms. The summed E-state index contributed by atoms with van der Waals surface area (Å²) in [6.07, 6.45) is 0.930. The number of alkyl halides is 1. The number of halogens is 2. The van der Waals surface area contributed by atoms with E-state index in [9.17, 15) is 0 Å². The second kappa shape index (κ2) is 6.58. The summed E-state index contributed by atoms with van der Waals surface area (Å²) in [4.78, 5) is 0.247. The van der Waals surface area contributed by atoms with E-state index in [1.807, 2.05) is 12.1 Å². The Morgan fingerprint density at radius 2 is 1.95 bits per heavy atom. The molecule has 2 aromatic rings. The minimum atomic E-state index is 0.247. The Bertz CT molecular complexity index is 566. The molecule has 0 amide bonds. The zero-order valence-corrected chi connectivity index (χ0v) is 14.2. The monoisotopic (exact) mass is 382 g/mol. The van der Waals surface area contributed by atoms with Crippen molar-refractivity contribution in [3.8, 4) is 5.75 Å². The standard InChI is InChI=1S/C16H16Br2O/c1-11-6-7-16(19-2)14(8-11)15(18)10-12-4-3-5-13(17)9-12/h3-9,15H,10H2,1-2H3. The van der Waals surface area contributed by atoms with Crippen molar-refractivity contribution in [2.45, 2.75) is 18.2 Å². The van der Waals surface area contributed by atoms with Gasteiger partial charge in [0.1, 0.15) is 5.75 Å². The molecule has 0 bridgehead atoms. The molecule has 1 nitrogen and oxygen atoms in total. The number of aryl methyl sites for hydroxylation is 1. The molecule has 0 fully saturated rings. The first kappa shape index (κ1) is 14.6. The van der Waals surface area contributed by atoms with Crippen LogP contribution in [-0.4, -0.2) is 7.11 Å². The van der Waals surface area contributed by atoms with Crippen LogP contribution in [0.1, 0.15) is 21.5 Å². The maximum atomic E-state index is 5.44. The van der Waals surface area contributed by atoms with Crippen molar-refractivity contribution in [2.24, 2.45) is 0 Å². The van der Waals surface area contributed by atoms with Crippen LogP contribution in [0.2, 0.25) is 0 Å². The molecule has 0 saturated carbocycles. The Morgan fingerprint density at radius 1 is 1.16 bits per heavy atom. The van der Waals surface area contributed by atoms with E-state index in [0.29, 0.717) is 0 Å². The molecule has 0 heterocycles. The van der Waals surface area contributed by atoms with Crippen molar-refractivity contribution in [2.75, 3.05) is 7.11 Å². The first-order chi connectivity index (χ1) is 9.10. The summed E-state index contributed by atoms with van der Waals surface area (Å²) in [5.74, 6) is 0.933. The Hall–Kier alpha value is -0.800. The van der Waals surface area contributed by atoms with Gasteiger partial charge in [-0.2, -0.15) is 0 Å². The summed E-state index contributed by atoms with van der Waals surface area (Å²) < 4.78 is 6.56. The van der Waals surface area contributed by atoms with Gasteiger partial charge in [0.25, 0.3) is 0 Å². The van der Waals surface area contributed by atoms with Gasteiger partial charge in [-0.05, 0) is 37.1 Å². The van der Waals surface area contributed by atoms with E-state index < -0.39 is 0 Å². The van der Waals surface area contributed by atoms with Crippen molar-refractivity contribution in [1.82, 2.24) is 0 Å². The van der Waals surface area contributed by atoms with Gasteiger partial charge >= 0.3 is 0 Å². The van der Waals surface area contributed by atoms with Gasteiger partial charge in [-0.15, -0.1) is 0 Å². The van der Waals surface area contributed by atoms with Gasteiger partial charge in [-0.25, -0.2) is 0 Å². The molecule has 2 aromatic carbocycles. The molecule has 0 spiro atoms. The third kappa shape index (κ3) is 3.83. The van der Waals surface area contributed by atoms with Crippen LogP contribution in [0.15, 0.2) is 46.9 Å². The maximum Gasteiger partial charge on any atom is 0.123 e. The molecule has 2 rings (SSSR count). The molecule has 0 aromatic heterocycles. The third-order valence-electron chi connectivity index (χ3n) is 3.03. The average Bonchev–Trinajstić information content (AvgIpc) is 2.38. The van der Waals surface area contributed by atoms with Crippen molar-refractivity contribution in [3.63, 3.8) is 0 Å². The van der Waals surface area contributed by atoms with Crippen molar-refractivity contribution in [1.29, 1.82) is 0 Å². The maximum absolute atomic E-state index is 5.44. The fraction of sp³-hybridized carbons (Fsp3) is 0.250. The van der Waals surface area contributed by atoms with Gasteiger partial charge in [-0.1, -0.05) is 61.7 Å². The lowest BCUT2D eigenvalue weighted by molar-refractivity contribution is 0.409. The lowest BCUT2D eigenvalue weighted by atomic mass is 10.0. The summed E-state index contributed by atoms with van der Waals surface area (Å²) in [5, 5.41) is 0. The first-order valence-electron chi connectivity index (χ1n) is 6.13. The Balaban J connectivity index is 2.24. The Morgan fingerprint density at radius 3 is 2.63 bits per heavy atom. The normalized spacial score (nSPS) is 12.2. The van der Waals surface area contributed by atoms with Gasteiger partial charge in [0, 0.05) is 14.9 Å². The van der Waals surface area contributed by atoms with E-state index in [1.54, 1.807) is 7.11 Å². The number of benzene rings is 2. The summed E-state index contributed by atoms with van der Waals surface area (Å²) >= 11 is 7.29. The van der Waals surface area contributed by atoms with E-state index in [2.05, 4.69) is 69.1 Å². The van der Waals surface area contributed by atoms with Crippen molar-refractivity contribution in [3.05, 3.63) is 63.6 Å². The van der Waals surface area contributed by atoms with Crippen molar-refractivity contribution < 1.29 is 4.74 Å². The van der Waals surface area contributed by atoms with Gasteiger partial charge in [0.15, 0.2) is 0 Å². The number of hydrogen-bond acceptors (Lipinski definition) is 1. The molecule has 1 unspecified atom stereocenters. The number of hydrogen-bond donors (Lipinski definition) is 0. The van der Waals surface area contributed by atoms with E-state index >= 15 is 0 Å². The minimum Gasteiger partial charge on any atom is -0.496 e. The summed E-state index contributed by atoms with van der Waals surface area (Å²) in [6, 6.07) is 14.7. The Kier molecular flexibility index (Phi) is 5.06. The van der Waals surface area contributed by atoms with Crippen molar-refractivity contribution >= 4 is 31.9 Å². The second-order valence-electron chi connectivity index (χ2n) is 4.55. The lowest BCUT2D eigenvalue weighted by Gasteiger charge is -2.15. The molecule has 100 valence electrons. The molecule has 1 atom stereocenters. The average molecular weight is 384 g/mol.